The largest absolute Gasteiger partial charge is 0.481 e. The van der Waals surface area contributed by atoms with E-state index in [0.717, 1.165) is 37.3 Å². The van der Waals surface area contributed by atoms with Gasteiger partial charge in [-0.3, -0.25) is 4.79 Å². The summed E-state index contributed by atoms with van der Waals surface area (Å²) < 4.78 is 5.11. The Kier molecular flexibility index (Phi) is 5.27. The molecule has 0 bridgehead atoms. The van der Waals surface area contributed by atoms with Gasteiger partial charge < -0.3 is 20.7 Å². The number of piperidine rings is 1. The van der Waals surface area contributed by atoms with E-state index in [1.54, 1.807) is 25.6 Å². The van der Waals surface area contributed by atoms with Crippen LogP contribution in [-0.2, 0) is 11.3 Å². The first-order chi connectivity index (χ1) is 12.2. The number of nitrogens with two attached hydrogens (primary N) is 1. The summed E-state index contributed by atoms with van der Waals surface area (Å²) in [7, 11) is 1.57. The van der Waals surface area contributed by atoms with E-state index < -0.39 is 0 Å². The number of aromatic nitrogens is 3. The van der Waals surface area contributed by atoms with Gasteiger partial charge in [-0.2, -0.15) is 4.98 Å². The predicted molar refractivity (Wildman–Crippen MR) is 94.3 cm³/mol. The molecule has 2 aromatic heterocycles. The molecule has 0 radical (unpaired) electrons. The van der Waals surface area contributed by atoms with Crippen molar-refractivity contribution in [3.8, 4) is 5.88 Å². The summed E-state index contributed by atoms with van der Waals surface area (Å²) in [4.78, 5) is 26.5. The molecule has 3 N–H and O–H groups in total. The Morgan fingerprint density at radius 2 is 2.12 bits per heavy atom. The van der Waals surface area contributed by atoms with Crippen LogP contribution >= 0.6 is 0 Å². The van der Waals surface area contributed by atoms with Crippen LogP contribution in [0.1, 0.15) is 18.4 Å². The molecule has 0 spiro atoms. The number of ether oxygens (including phenoxy) is 1. The SMILES string of the molecule is COc1ccnc(NCc2cccnc2N2CCC(C(N)=O)CC2)n1. The van der Waals surface area contributed by atoms with Crippen LogP contribution in [0.25, 0.3) is 0 Å². The Morgan fingerprint density at radius 1 is 1.32 bits per heavy atom. The Morgan fingerprint density at radius 3 is 2.84 bits per heavy atom. The molecular formula is C17H22N6O2. The molecule has 1 saturated heterocycles. The van der Waals surface area contributed by atoms with Crippen LogP contribution in [0.15, 0.2) is 30.6 Å². The molecule has 0 aliphatic carbocycles. The molecule has 1 aliphatic heterocycles. The van der Waals surface area contributed by atoms with E-state index in [4.69, 9.17) is 10.5 Å². The second kappa shape index (κ2) is 7.78. The summed E-state index contributed by atoms with van der Waals surface area (Å²) in [5, 5.41) is 3.20. The average Bonchev–Trinajstić information content (AvgIpc) is 2.67. The van der Waals surface area contributed by atoms with Crippen LogP contribution in [0.3, 0.4) is 0 Å². The van der Waals surface area contributed by atoms with E-state index >= 15 is 0 Å². The van der Waals surface area contributed by atoms with Gasteiger partial charge in [-0.15, -0.1) is 0 Å². The summed E-state index contributed by atoms with van der Waals surface area (Å²) in [6.45, 7) is 2.09. The molecule has 3 rings (SSSR count). The highest BCUT2D eigenvalue weighted by molar-refractivity contribution is 5.77. The maximum Gasteiger partial charge on any atom is 0.226 e. The number of amides is 1. The minimum Gasteiger partial charge on any atom is -0.481 e. The third-order valence-electron chi connectivity index (χ3n) is 4.34. The maximum absolute atomic E-state index is 11.3. The molecule has 0 aromatic carbocycles. The number of nitrogens with one attached hydrogen (secondary N) is 1. The summed E-state index contributed by atoms with van der Waals surface area (Å²) >= 11 is 0. The minimum absolute atomic E-state index is 0.0354. The number of hydrogen-bond acceptors (Lipinski definition) is 7. The Bertz CT molecular complexity index is 731. The number of carbonyl (C=O) groups is 1. The van der Waals surface area contributed by atoms with Gasteiger partial charge in [-0.05, 0) is 18.9 Å². The minimum atomic E-state index is -0.210. The van der Waals surface area contributed by atoms with E-state index in [9.17, 15) is 4.79 Å². The molecule has 8 nitrogen and oxygen atoms in total. The first-order valence-corrected chi connectivity index (χ1v) is 8.26. The highest BCUT2D eigenvalue weighted by Crippen LogP contribution is 2.25. The summed E-state index contributed by atoms with van der Waals surface area (Å²) in [6, 6.07) is 5.63. The van der Waals surface area contributed by atoms with Crippen molar-refractivity contribution in [2.45, 2.75) is 19.4 Å². The Hall–Kier alpha value is -2.90. The van der Waals surface area contributed by atoms with Gasteiger partial charge in [-0.1, -0.05) is 6.07 Å². The lowest BCUT2D eigenvalue weighted by Crippen LogP contribution is -2.39. The van der Waals surface area contributed by atoms with Crippen molar-refractivity contribution in [1.29, 1.82) is 0 Å². The van der Waals surface area contributed by atoms with Crippen molar-refractivity contribution >= 4 is 17.7 Å². The smallest absolute Gasteiger partial charge is 0.226 e. The summed E-state index contributed by atoms with van der Waals surface area (Å²) in [5.74, 6) is 1.68. The molecule has 0 saturated carbocycles. The number of primary amides is 1. The van der Waals surface area contributed by atoms with E-state index in [0.29, 0.717) is 18.4 Å². The number of carbonyl (C=O) groups excluding carboxylic acids is 1. The van der Waals surface area contributed by atoms with E-state index in [-0.39, 0.29) is 11.8 Å². The van der Waals surface area contributed by atoms with Crippen molar-refractivity contribution in [3.05, 3.63) is 36.2 Å². The molecule has 1 fully saturated rings. The van der Waals surface area contributed by atoms with Crippen LogP contribution in [0.5, 0.6) is 5.88 Å². The number of anilines is 2. The van der Waals surface area contributed by atoms with Crippen LogP contribution in [-0.4, -0.2) is 41.1 Å². The number of hydrogen-bond donors (Lipinski definition) is 2. The molecule has 0 atom stereocenters. The lowest BCUT2D eigenvalue weighted by Gasteiger charge is -2.32. The first kappa shape index (κ1) is 16.9. The predicted octanol–water partition coefficient (Wildman–Crippen LogP) is 1.19. The normalized spacial score (nSPS) is 15.0. The van der Waals surface area contributed by atoms with Crippen LogP contribution in [0.4, 0.5) is 11.8 Å². The second-order valence-corrected chi connectivity index (χ2v) is 5.93. The number of rotatable bonds is 6. The van der Waals surface area contributed by atoms with Crippen molar-refractivity contribution in [2.24, 2.45) is 11.7 Å². The quantitative estimate of drug-likeness (QED) is 0.812. The molecule has 3 heterocycles. The van der Waals surface area contributed by atoms with Crippen LogP contribution in [0, 0.1) is 5.92 Å². The number of nitrogens with zero attached hydrogens (tertiary/aromatic N) is 4. The molecule has 1 aliphatic rings. The van der Waals surface area contributed by atoms with E-state index in [2.05, 4.69) is 25.2 Å². The van der Waals surface area contributed by atoms with Gasteiger partial charge in [0.2, 0.25) is 17.7 Å². The maximum atomic E-state index is 11.3. The first-order valence-electron chi connectivity index (χ1n) is 8.26. The van der Waals surface area contributed by atoms with Crippen LogP contribution in [0.2, 0.25) is 0 Å². The van der Waals surface area contributed by atoms with E-state index in [1.165, 1.54) is 0 Å². The lowest BCUT2D eigenvalue weighted by atomic mass is 9.96. The zero-order chi connectivity index (χ0) is 17.6. The zero-order valence-electron chi connectivity index (χ0n) is 14.2. The Labute approximate surface area is 146 Å². The fourth-order valence-corrected chi connectivity index (χ4v) is 2.94. The fourth-order valence-electron chi connectivity index (χ4n) is 2.94. The molecule has 8 heteroatoms. The molecule has 0 unspecified atom stereocenters. The molecular weight excluding hydrogens is 320 g/mol. The monoisotopic (exact) mass is 342 g/mol. The Balaban J connectivity index is 1.68. The molecule has 132 valence electrons. The standard InChI is InChI=1S/C17H22N6O2/c1-25-14-4-8-20-17(22-14)21-11-13-3-2-7-19-16(13)23-9-5-12(6-10-23)15(18)24/h2-4,7-8,12H,5-6,9-11H2,1H3,(H2,18,24)(H,20,21,22). The second-order valence-electron chi connectivity index (χ2n) is 5.93. The average molecular weight is 342 g/mol. The van der Waals surface area contributed by atoms with Gasteiger partial charge >= 0.3 is 0 Å². The molecule has 25 heavy (non-hydrogen) atoms. The fraction of sp³-hybridized carbons (Fsp3) is 0.412. The third kappa shape index (κ3) is 4.14. The highest BCUT2D eigenvalue weighted by Gasteiger charge is 2.24. The van der Waals surface area contributed by atoms with Gasteiger partial charge in [0.25, 0.3) is 0 Å². The molecule has 1 amide bonds. The van der Waals surface area contributed by atoms with Crippen molar-refractivity contribution in [2.75, 3.05) is 30.4 Å². The zero-order valence-corrected chi connectivity index (χ0v) is 14.2. The van der Waals surface area contributed by atoms with Gasteiger partial charge in [0.05, 0.1) is 7.11 Å². The van der Waals surface area contributed by atoms with Gasteiger partial charge in [0.15, 0.2) is 0 Å². The van der Waals surface area contributed by atoms with Gasteiger partial charge in [-0.25, -0.2) is 9.97 Å². The van der Waals surface area contributed by atoms with Crippen LogP contribution < -0.4 is 20.7 Å². The van der Waals surface area contributed by atoms with Crippen molar-refractivity contribution in [3.63, 3.8) is 0 Å². The lowest BCUT2D eigenvalue weighted by molar-refractivity contribution is -0.122. The van der Waals surface area contributed by atoms with Gasteiger partial charge in [0.1, 0.15) is 5.82 Å². The van der Waals surface area contributed by atoms with Gasteiger partial charge in [0, 0.05) is 49.6 Å². The van der Waals surface area contributed by atoms with Crippen molar-refractivity contribution < 1.29 is 9.53 Å². The number of pyridine rings is 1. The third-order valence-corrected chi connectivity index (χ3v) is 4.34. The number of methoxy groups -OCH3 is 1. The summed E-state index contributed by atoms with van der Waals surface area (Å²) in [6.07, 6.45) is 4.95. The molecule has 2 aromatic rings. The van der Waals surface area contributed by atoms with Crippen molar-refractivity contribution in [1.82, 2.24) is 15.0 Å². The summed E-state index contributed by atoms with van der Waals surface area (Å²) in [5.41, 5.74) is 6.46. The topological polar surface area (TPSA) is 106 Å². The highest BCUT2D eigenvalue weighted by atomic mass is 16.5. The van der Waals surface area contributed by atoms with E-state index in [1.807, 2.05) is 12.1 Å².